The molecule has 0 aromatic heterocycles. The summed E-state index contributed by atoms with van der Waals surface area (Å²) >= 11 is 0. The molecule has 0 bridgehead atoms. The fraction of sp³-hybridized carbons (Fsp3) is 0.854. The van der Waals surface area contributed by atoms with Gasteiger partial charge < -0.3 is 28.6 Å². The SMILES string of the molecule is CC/C=C/C/C=C/CCCCCCCCCCCCCCCCC(=O)OC(COCCC(C(=O)[O-])[N+](C)(C)C)COC(=O)CCCCCCCCCCCCC. The van der Waals surface area contributed by atoms with Crippen molar-refractivity contribution in [1.29, 1.82) is 0 Å². The lowest BCUT2D eigenvalue weighted by Crippen LogP contribution is -2.55. The average Bonchev–Trinajstić information content (AvgIpc) is 3.15. The van der Waals surface area contributed by atoms with Crippen molar-refractivity contribution < 1.29 is 38.2 Å². The summed E-state index contributed by atoms with van der Waals surface area (Å²) < 4.78 is 17.2. The van der Waals surface area contributed by atoms with Gasteiger partial charge in [-0.3, -0.25) is 9.59 Å². The van der Waals surface area contributed by atoms with Crippen molar-refractivity contribution in [1.82, 2.24) is 0 Å². The lowest BCUT2D eigenvalue weighted by Gasteiger charge is -2.34. The van der Waals surface area contributed by atoms with Crippen LogP contribution in [0.4, 0.5) is 0 Å². The summed E-state index contributed by atoms with van der Waals surface area (Å²) in [7, 11) is 5.41. The predicted octanol–water partition coefficient (Wildman–Crippen LogP) is 11.5. The standard InChI is InChI=1S/C48H89NO7/c1-6-8-10-12-14-16-18-19-20-21-22-23-24-25-26-27-29-31-33-35-37-39-47(51)56-44(42-54-41-40-45(48(52)53)49(3,4)5)43-55-46(50)38-36-34-32-30-28-17-15-13-11-9-7-2/h8,10,14,16,44-45H,6-7,9,11-13,15,17-43H2,1-5H3/b10-8+,16-14+. The van der Waals surface area contributed by atoms with Gasteiger partial charge in [0, 0.05) is 19.3 Å². The Bertz CT molecular complexity index is 973. The first-order valence-electron chi connectivity index (χ1n) is 23.4. The lowest BCUT2D eigenvalue weighted by atomic mass is 10.0. The third-order valence-electron chi connectivity index (χ3n) is 10.6. The minimum absolute atomic E-state index is 0.0455. The molecule has 0 spiro atoms. The highest BCUT2D eigenvalue weighted by molar-refractivity contribution is 5.70. The number of carbonyl (C=O) groups is 3. The van der Waals surface area contributed by atoms with Gasteiger partial charge in [0.25, 0.3) is 0 Å². The molecule has 0 aliphatic carbocycles. The molecule has 0 rings (SSSR count). The van der Waals surface area contributed by atoms with E-state index in [0.717, 1.165) is 51.4 Å². The van der Waals surface area contributed by atoms with Gasteiger partial charge in [-0.05, 0) is 38.5 Å². The number of esters is 2. The third-order valence-corrected chi connectivity index (χ3v) is 10.6. The van der Waals surface area contributed by atoms with Crippen molar-refractivity contribution in [2.45, 2.75) is 225 Å². The molecular weight excluding hydrogens is 703 g/mol. The second kappa shape index (κ2) is 39.6. The Balaban J connectivity index is 4.21. The maximum atomic E-state index is 12.7. The van der Waals surface area contributed by atoms with E-state index in [9.17, 15) is 19.5 Å². The van der Waals surface area contributed by atoms with Crippen LogP contribution in [0.15, 0.2) is 24.3 Å². The molecule has 0 aliphatic heterocycles. The average molecular weight is 792 g/mol. The van der Waals surface area contributed by atoms with Gasteiger partial charge in [0.15, 0.2) is 6.10 Å². The number of unbranched alkanes of at least 4 members (excludes halogenated alkanes) is 24. The topological polar surface area (TPSA) is 102 Å². The van der Waals surface area contributed by atoms with Crippen LogP contribution in [0.5, 0.6) is 0 Å². The van der Waals surface area contributed by atoms with Crippen LogP contribution in [0, 0.1) is 0 Å². The van der Waals surface area contributed by atoms with Crippen molar-refractivity contribution >= 4 is 17.9 Å². The molecule has 0 saturated heterocycles. The van der Waals surface area contributed by atoms with E-state index in [2.05, 4.69) is 38.2 Å². The van der Waals surface area contributed by atoms with Gasteiger partial charge in [0.2, 0.25) is 0 Å². The van der Waals surface area contributed by atoms with Gasteiger partial charge in [-0.15, -0.1) is 0 Å². The number of allylic oxidation sites excluding steroid dienone is 4. The van der Waals surface area contributed by atoms with Gasteiger partial charge in [-0.1, -0.05) is 179 Å². The van der Waals surface area contributed by atoms with Crippen molar-refractivity contribution in [3.63, 3.8) is 0 Å². The summed E-state index contributed by atoms with van der Waals surface area (Å²) in [6, 6.07) is -0.722. The largest absolute Gasteiger partial charge is 0.544 e. The molecule has 56 heavy (non-hydrogen) atoms. The monoisotopic (exact) mass is 792 g/mol. The molecule has 2 unspecified atom stereocenters. The summed E-state index contributed by atoms with van der Waals surface area (Å²) in [5.41, 5.74) is 0. The van der Waals surface area contributed by atoms with E-state index >= 15 is 0 Å². The van der Waals surface area contributed by atoms with Crippen LogP contribution in [0.2, 0.25) is 0 Å². The van der Waals surface area contributed by atoms with Crippen LogP contribution >= 0.6 is 0 Å². The predicted molar refractivity (Wildman–Crippen MR) is 231 cm³/mol. The molecule has 0 radical (unpaired) electrons. The molecule has 0 saturated carbocycles. The Hall–Kier alpha value is -2.19. The van der Waals surface area contributed by atoms with Crippen molar-refractivity contribution in [3.8, 4) is 0 Å². The van der Waals surface area contributed by atoms with Crippen LogP contribution in [0.25, 0.3) is 0 Å². The lowest BCUT2D eigenvalue weighted by molar-refractivity contribution is -0.889. The number of hydrogen-bond donors (Lipinski definition) is 0. The molecular formula is C48H89NO7. The van der Waals surface area contributed by atoms with Crippen molar-refractivity contribution in [2.75, 3.05) is 41.0 Å². The number of carboxylic acid groups (broad SMARTS) is 1. The highest BCUT2D eigenvalue weighted by Crippen LogP contribution is 2.16. The number of ether oxygens (including phenoxy) is 3. The Morgan fingerprint density at radius 2 is 1.00 bits per heavy atom. The smallest absolute Gasteiger partial charge is 0.306 e. The van der Waals surface area contributed by atoms with E-state index in [1.165, 1.54) is 128 Å². The molecule has 0 fully saturated rings. The minimum atomic E-state index is -1.12. The molecule has 0 amide bonds. The Morgan fingerprint density at radius 3 is 1.46 bits per heavy atom. The van der Waals surface area contributed by atoms with Crippen LogP contribution in [-0.2, 0) is 28.6 Å². The zero-order valence-electron chi connectivity index (χ0n) is 37.3. The summed E-state index contributed by atoms with van der Waals surface area (Å²) in [6.07, 6.45) is 43.5. The summed E-state index contributed by atoms with van der Waals surface area (Å²) in [6.45, 7) is 4.57. The Morgan fingerprint density at radius 1 is 0.554 bits per heavy atom. The summed E-state index contributed by atoms with van der Waals surface area (Å²) in [5.74, 6) is -1.72. The van der Waals surface area contributed by atoms with E-state index in [-0.39, 0.29) is 42.7 Å². The first-order chi connectivity index (χ1) is 27.1. The third kappa shape index (κ3) is 37.4. The van der Waals surface area contributed by atoms with E-state index in [0.29, 0.717) is 12.8 Å². The van der Waals surface area contributed by atoms with Crippen LogP contribution < -0.4 is 5.11 Å². The first kappa shape index (κ1) is 53.8. The maximum Gasteiger partial charge on any atom is 0.306 e. The summed E-state index contributed by atoms with van der Waals surface area (Å²) in [5, 5.41) is 11.6. The number of hydrogen-bond acceptors (Lipinski definition) is 7. The molecule has 0 heterocycles. The zero-order chi connectivity index (χ0) is 41.4. The molecule has 0 aliphatic rings. The zero-order valence-corrected chi connectivity index (χ0v) is 37.3. The maximum absolute atomic E-state index is 12.7. The molecule has 0 aromatic carbocycles. The molecule has 328 valence electrons. The van der Waals surface area contributed by atoms with Gasteiger partial charge in [-0.25, -0.2) is 0 Å². The van der Waals surface area contributed by atoms with E-state index < -0.39 is 18.1 Å². The molecule has 0 N–H and O–H groups in total. The van der Waals surface area contributed by atoms with Gasteiger partial charge in [0.1, 0.15) is 12.6 Å². The van der Waals surface area contributed by atoms with Crippen LogP contribution in [-0.4, -0.2) is 75.5 Å². The quantitative estimate of drug-likeness (QED) is 0.0262. The fourth-order valence-corrected chi connectivity index (χ4v) is 6.99. The number of carbonyl (C=O) groups excluding carboxylic acids is 3. The molecule has 8 heteroatoms. The number of likely N-dealkylation sites (N-methyl/N-ethyl adjacent to an activating group) is 1. The van der Waals surface area contributed by atoms with Crippen LogP contribution in [0.3, 0.4) is 0 Å². The summed E-state index contributed by atoms with van der Waals surface area (Å²) in [4.78, 5) is 36.8. The first-order valence-corrected chi connectivity index (χ1v) is 23.4. The highest BCUT2D eigenvalue weighted by Gasteiger charge is 2.25. The van der Waals surface area contributed by atoms with Gasteiger partial charge in [-0.2, -0.15) is 0 Å². The second-order valence-corrected chi connectivity index (χ2v) is 17.0. The van der Waals surface area contributed by atoms with Crippen LogP contribution in [0.1, 0.15) is 213 Å². The van der Waals surface area contributed by atoms with Gasteiger partial charge in [0.05, 0.1) is 40.3 Å². The second-order valence-electron chi connectivity index (χ2n) is 17.0. The van der Waals surface area contributed by atoms with E-state index in [1.807, 2.05) is 0 Å². The van der Waals surface area contributed by atoms with E-state index in [4.69, 9.17) is 14.2 Å². The number of carboxylic acids is 1. The van der Waals surface area contributed by atoms with E-state index in [1.54, 1.807) is 21.1 Å². The fourth-order valence-electron chi connectivity index (χ4n) is 6.99. The normalized spacial score (nSPS) is 13.1. The molecule has 0 aromatic rings. The number of rotatable bonds is 42. The molecule has 8 nitrogen and oxygen atoms in total. The number of quaternary nitrogens is 1. The highest BCUT2D eigenvalue weighted by atomic mass is 16.6. The Kier molecular flexibility index (Phi) is 38.1. The minimum Gasteiger partial charge on any atom is -0.544 e. The van der Waals surface area contributed by atoms with Crippen molar-refractivity contribution in [2.24, 2.45) is 0 Å². The number of nitrogens with zero attached hydrogens (tertiary/aromatic N) is 1. The van der Waals surface area contributed by atoms with Gasteiger partial charge >= 0.3 is 11.9 Å². The van der Waals surface area contributed by atoms with Crippen molar-refractivity contribution in [3.05, 3.63) is 24.3 Å². The Labute approximate surface area is 345 Å². The number of aliphatic carboxylic acids is 1. The molecule has 2 atom stereocenters.